The second kappa shape index (κ2) is 10.1. The summed E-state index contributed by atoms with van der Waals surface area (Å²) in [6, 6.07) is 19.0. The highest BCUT2D eigenvalue weighted by atomic mass is 16.5. The molecule has 0 spiro atoms. The lowest BCUT2D eigenvalue weighted by Crippen LogP contribution is -2.04. The molecule has 0 aliphatic rings. The van der Waals surface area contributed by atoms with Gasteiger partial charge < -0.3 is 9.84 Å². The van der Waals surface area contributed by atoms with Crippen LogP contribution in [0, 0.1) is 11.3 Å². The summed E-state index contributed by atoms with van der Waals surface area (Å²) in [6.45, 7) is 0.505. The molecule has 0 heterocycles. The number of hydrogen-bond acceptors (Lipinski definition) is 3. The van der Waals surface area contributed by atoms with E-state index in [1.807, 2.05) is 30.3 Å². The van der Waals surface area contributed by atoms with Crippen LogP contribution in [-0.4, -0.2) is 17.7 Å². The Balaban J connectivity index is 1.64. The maximum atomic E-state index is 11.1. The van der Waals surface area contributed by atoms with Gasteiger partial charge in [0.1, 0.15) is 11.3 Å². The highest BCUT2D eigenvalue weighted by molar-refractivity contribution is 5.90. The minimum atomic E-state index is -0.973. The molecule has 130 valence electrons. The Morgan fingerprint density at radius 3 is 2.40 bits per heavy atom. The van der Waals surface area contributed by atoms with Crippen molar-refractivity contribution in [3.05, 3.63) is 65.7 Å². The summed E-state index contributed by atoms with van der Waals surface area (Å²) in [5.74, 6) is -0.595. The van der Waals surface area contributed by atoms with Gasteiger partial charge in [-0.1, -0.05) is 61.7 Å². The number of ether oxygens (including phenoxy) is 1. The fourth-order valence-electron chi connectivity index (χ4n) is 2.75. The second-order valence-electron chi connectivity index (χ2n) is 5.95. The number of carbonyl (C=O) groups is 1. The number of nitrogens with zero attached hydrogens (tertiary/aromatic N) is 1. The molecular formula is C21H23NO3. The van der Waals surface area contributed by atoms with Gasteiger partial charge in [0, 0.05) is 0 Å². The van der Waals surface area contributed by atoms with Crippen LogP contribution in [0.1, 0.15) is 53.9 Å². The van der Waals surface area contributed by atoms with Gasteiger partial charge in [-0.2, -0.15) is 5.26 Å². The van der Waals surface area contributed by atoms with Crippen LogP contribution in [0.4, 0.5) is 0 Å². The van der Waals surface area contributed by atoms with Crippen molar-refractivity contribution in [3.63, 3.8) is 0 Å². The molecule has 0 aliphatic heterocycles. The molecule has 0 fully saturated rings. The smallest absolute Gasteiger partial charge is 0.339 e. The fraction of sp³-hybridized carbons (Fsp3) is 0.333. The first-order valence-corrected chi connectivity index (χ1v) is 8.62. The van der Waals surface area contributed by atoms with Crippen LogP contribution in [0.2, 0.25) is 0 Å². The van der Waals surface area contributed by atoms with Gasteiger partial charge in [0.2, 0.25) is 0 Å². The Bertz CT molecular complexity index is 707. The first kappa shape index (κ1) is 18.5. The Kier molecular flexibility index (Phi) is 7.52. The summed E-state index contributed by atoms with van der Waals surface area (Å²) in [5.41, 5.74) is 1.28. The van der Waals surface area contributed by atoms with Crippen LogP contribution in [0.15, 0.2) is 54.6 Å². The van der Waals surface area contributed by atoms with Gasteiger partial charge in [-0.3, -0.25) is 0 Å². The number of aromatic carboxylic acids is 1. The average molecular weight is 337 g/mol. The summed E-state index contributed by atoms with van der Waals surface area (Å²) in [6.07, 6.45) is 4.77. The molecule has 4 heteroatoms. The monoisotopic (exact) mass is 337 g/mol. The Morgan fingerprint density at radius 2 is 1.68 bits per heavy atom. The molecule has 0 aliphatic carbocycles. The average Bonchev–Trinajstić information content (AvgIpc) is 2.65. The van der Waals surface area contributed by atoms with Gasteiger partial charge in [0.15, 0.2) is 0 Å². The first-order chi connectivity index (χ1) is 12.2. The van der Waals surface area contributed by atoms with E-state index < -0.39 is 5.97 Å². The van der Waals surface area contributed by atoms with Gasteiger partial charge in [-0.15, -0.1) is 0 Å². The van der Waals surface area contributed by atoms with Gasteiger partial charge >= 0.3 is 5.97 Å². The maximum absolute atomic E-state index is 11.1. The summed E-state index contributed by atoms with van der Waals surface area (Å²) >= 11 is 0. The molecule has 0 saturated carbocycles. The molecule has 0 radical (unpaired) electrons. The molecular weight excluding hydrogens is 314 g/mol. The van der Waals surface area contributed by atoms with Crippen molar-refractivity contribution in [2.24, 2.45) is 0 Å². The van der Waals surface area contributed by atoms with Gasteiger partial charge in [-0.05, 0) is 30.5 Å². The summed E-state index contributed by atoms with van der Waals surface area (Å²) < 4.78 is 5.58. The molecule has 1 unspecified atom stereocenters. The van der Waals surface area contributed by atoms with Crippen molar-refractivity contribution >= 4 is 5.97 Å². The third-order valence-electron chi connectivity index (χ3n) is 4.12. The number of carboxylic acid groups (broad SMARTS) is 1. The summed E-state index contributed by atoms with van der Waals surface area (Å²) in [4.78, 5) is 11.1. The second-order valence-corrected chi connectivity index (χ2v) is 5.95. The Labute approximate surface area is 148 Å². The molecule has 25 heavy (non-hydrogen) atoms. The predicted molar refractivity (Wildman–Crippen MR) is 96.8 cm³/mol. The van der Waals surface area contributed by atoms with Crippen LogP contribution in [0.25, 0.3) is 0 Å². The van der Waals surface area contributed by atoms with Crippen LogP contribution < -0.4 is 4.74 Å². The van der Waals surface area contributed by atoms with Crippen molar-refractivity contribution in [1.29, 1.82) is 5.26 Å². The van der Waals surface area contributed by atoms with Gasteiger partial charge in [0.05, 0.1) is 18.6 Å². The third-order valence-corrected chi connectivity index (χ3v) is 4.12. The van der Waals surface area contributed by atoms with Crippen LogP contribution >= 0.6 is 0 Å². The van der Waals surface area contributed by atoms with Crippen molar-refractivity contribution < 1.29 is 14.6 Å². The highest BCUT2D eigenvalue weighted by Gasteiger charge is 2.10. The molecule has 4 nitrogen and oxygen atoms in total. The minimum Gasteiger partial charge on any atom is -0.493 e. The van der Waals surface area contributed by atoms with E-state index in [-0.39, 0.29) is 11.5 Å². The van der Waals surface area contributed by atoms with E-state index >= 15 is 0 Å². The third kappa shape index (κ3) is 5.96. The molecule has 2 aromatic carbocycles. The van der Waals surface area contributed by atoms with Crippen molar-refractivity contribution in [2.45, 2.75) is 38.0 Å². The van der Waals surface area contributed by atoms with Crippen molar-refractivity contribution in [1.82, 2.24) is 0 Å². The fourth-order valence-corrected chi connectivity index (χ4v) is 2.75. The highest BCUT2D eigenvalue weighted by Crippen LogP contribution is 2.22. The normalized spacial score (nSPS) is 11.5. The van der Waals surface area contributed by atoms with E-state index in [1.165, 1.54) is 0 Å². The first-order valence-electron chi connectivity index (χ1n) is 8.62. The Hall–Kier alpha value is -2.80. The zero-order valence-electron chi connectivity index (χ0n) is 14.2. The van der Waals surface area contributed by atoms with E-state index in [0.717, 1.165) is 37.7 Å². The van der Waals surface area contributed by atoms with Gasteiger partial charge in [-0.25, -0.2) is 4.79 Å². The number of benzene rings is 2. The molecule has 0 aromatic heterocycles. The van der Waals surface area contributed by atoms with Crippen molar-refractivity contribution in [2.75, 3.05) is 6.61 Å². The van der Waals surface area contributed by atoms with Gasteiger partial charge in [0.25, 0.3) is 0 Å². The van der Waals surface area contributed by atoms with E-state index in [2.05, 4.69) is 6.07 Å². The molecule has 0 bridgehead atoms. The maximum Gasteiger partial charge on any atom is 0.339 e. The van der Waals surface area contributed by atoms with E-state index in [9.17, 15) is 10.1 Å². The number of nitriles is 1. The van der Waals surface area contributed by atoms with E-state index in [1.54, 1.807) is 24.3 Å². The quantitative estimate of drug-likeness (QED) is 0.618. The standard InChI is InChI=1S/C21H23NO3/c22-16-18(17-10-5-3-6-11-17)12-4-1-2-9-15-25-20-14-8-7-13-19(20)21(23)24/h3,5-8,10-11,13-14,18H,1-2,4,9,12,15H2,(H,23,24). The Morgan fingerprint density at radius 1 is 1.00 bits per heavy atom. The number of carboxylic acids is 1. The number of rotatable bonds is 10. The number of unbranched alkanes of at least 4 members (excludes halogenated alkanes) is 3. The molecule has 2 aromatic rings. The van der Waals surface area contributed by atoms with E-state index in [0.29, 0.717) is 12.4 Å². The van der Waals surface area contributed by atoms with E-state index in [4.69, 9.17) is 9.84 Å². The largest absolute Gasteiger partial charge is 0.493 e. The summed E-state index contributed by atoms with van der Waals surface area (Å²) in [7, 11) is 0. The molecule has 1 atom stereocenters. The zero-order chi connectivity index (χ0) is 17.9. The minimum absolute atomic E-state index is 0.0418. The SMILES string of the molecule is N#CC(CCCCCCOc1ccccc1C(=O)O)c1ccccc1. The number of hydrogen-bond donors (Lipinski definition) is 1. The lowest BCUT2D eigenvalue weighted by molar-refractivity contribution is 0.0692. The topological polar surface area (TPSA) is 70.3 Å². The zero-order valence-corrected chi connectivity index (χ0v) is 14.2. The summed E-state index contributed by atoms with van der Waals surface area (Å²) in [5, 5.41) is 18.4. The van der Waals surface area contributed by atoms with Crippen LogP contribution in [0.5, 0.6) is 5.75 Å². The predicted octanol–water partition coefficient (Wildman–Crippen LogP) is 5.02. The molecule has 0 saturated heterocycles. The number of para-hydroxylation sites is 1. The molecule has 2 rings (SSSR count). The molecule has 1 N–H and O–H groups in total. The van der Waals surface area contributed by atoms with Crippen molar-refractivity contribution in [3.8, 4) is 11.8 Å². The lowest BCUT2D eigenvalue weighted by Gasteiger charge is -2.10. The van der Waals surface area contributed by atoms with Crippen LogP contribution in [-0.2, 0) is 0 Å². The molecule has 0 amide bonds. The lowest BCUT2D eigenvalue weighted by atomic mass is 9.94. The van der Waals surface area contributed by atoms with Crippen LogP contribution in [0.3, 0.4) is 0 Å².